The number of pyridine rings is 1. The molecular weight excluding hydrogens is 406 g/mol. The van der Waals surface area contributed by atoms with Crippen LogP contribution >= 0.6 is 0 Å². The second-order valence-electron chi connectivity index (χ2n) is 7.56. The minimum atomic E-state index is -1.03. The van der Waals surface area contributed by atoms with Gasteiger partial charge in [0, 0.05) is 13.5 Å². The predicted molar refractivity (Wildman–Crippen MR) is 113 cm³/mol. The normalized spacial score (nSPS) is 11.8. The molecule has 31 heavy (non-hydrogen) atoms. The molecule has 0 saturated heterocycles. The highest BCUT2D eigenvalue weighted by Gasteiger charge is 2.25. The number of esters is 2. The van der Waals surface area contributed by atoms with Crippen LogP contribution in [0.15, 0.2) is 18.3 Å². The Balaban J connectivity index is 2.83. The van der Waals surface area contributed by atoms with E-state index in [0.717, 1.165) is 0 Å². The maximum Gasteiger partial charge on any atom is 0.414 e. The molecule has 1 aromatic heterocycles. The molecule has 0 aliphatic heterocycles. The summed E-state index contributed by atoms with van der Waals surface area (Å²) in [7, 11) is 1.52. The molecule has 1 heterocycles. The molecule has 0 bridgehead atoms. The number of hydrogen-bond acceptors (Lipinski definition) is 8. The van der Waals surface area contributed by atoms with Gasteiger partial charge in [0.05, 0.1) is 25.1 Å². The van der Waals surface area contributed by atoms with Gasteiger partial charge in [-0.3, -0.25) is 14.5 Å². The lowest BCUT2D eigenvalue weighted by Gasteiger charge is -2.24. The Morgan fingerprint density at radius 3 is 2.26 bits per heavy atom. The topological polar surface area (TPSA) is 124 Å². The number of ether oxygens (including phenoxy) is 3. The number of aromatic nitrogens is 1. The van der Waals surface area contributed by atoms with Crippen molar-refractivity contribution < 1.29 is 33.4 Å². The summed E-state index contributed by atoms with van der Waals surface area (Å²) >= 11 is 0. The van der Waals surface area contributed by atoms with Crippen LogP contribution in [-0.2, 0) is 23.8 Å². The van der Waals surface area contributed by atoms with Crippen molar-refractivity contribution in [2.24, 2.45) is 0 Å². The molecule has 0 aliphatic carbocycles. The summed E-state index contributed by atoms with van der Waals surface area (Å²) in [6.07, 6.45) is 0.762. The highest BCUT2D eigenvalue weighted by Crippen LogP contribution is 2.16. The van der Waals surface area contributed by atoms with E-state index >= 15 is 0 Å². The zero-order chi connectivity index (χ0) is 23.6. The molecule has 0 unspecified atom stereocenters. The van der Waals surface area contributed by atoms with E-state index in [1.54, 1.807) is 34.6 Å². The van der Waals surface area contributed by atoms with E-state index in [-0.39, 0.29) is 31.7 Å². The second kappa shape index (κ2) is 11.9. The van der Waals surface area contributed by atoms with Crippen LogP contribution in [0.1, 0.15) is 57.9 Å². The molecule has 1 atom stereocenters. The Labute approximate surface area is 182 Å². The minimum Gasteiger partial charge on any atom is -0.466 e. The molecule has 10 heteroatoms. The monoisotopic (exact) mass is 437 g/mol. The lowest BCUT2D eigenvalue weighted by atomic mass is 10.1. The van der Waals surface area contributed by atoms with Gasteiger partial charge in [0.15, 0.2) is 0 Å². The molecule has 10 nitrogen and oxygen atoms in total. The first-order chi connectivity index (χ1) is 14.5. The standard InChI is InChI=1S/C21H31N3O7/c1-7-29-17(25)12-11-16(19(27)30-8-2)23-18(26)15-10-9-14(13-22-15)24(6)20(28)31-21(3,4)5/h9-10,13,16H,7-8,11-12H2,1-6H3,(H,23,26)/t16-/m0/s1. The van der Waals surface area contributed by atoms with Crippen LogP contribution in [0.25, 0.3) is 0 Å². The summed E-state index contributed by atoms with van der Waals surface area (Å²) < 4.78 is 15.1. The zero-order valence-electron chi connectivity index (χ0n) is 18.9. The molecule has 1 aromatic rings. The number of amides is 2. The van der Waals surface area contributed by atoms with Gasteiger partial charge in [-0.1, -0.05) is 0 Å². The molecule has 1 rings (SSSR count). The highest BCUT2D eigenvalue weighted by molar-refractivity contribution is 5.96. The summed E-state index contributed by atoms with van der Waals surface area (Å²) in [6, 6.07) is 1.92. The lowest BCUT2D eigenvalue weighted by Crippen LogP contribution is -2.42. The van der Waals surface area contributed by atoms with E-state index in [1.807, 2.05) is 0 Å². The Kier molecular flexibility index (Phi) is 9.91. The van der Waals surface area contributed by atoms with Gasteiger partial charge in [-0.25, -0.2) is 14.6 Å². The van der Waals surface area contributed by atoms with Crippen molar-refractivity contribution in [1.29, 1.82) is 0 Å². The Bertz CT molecular complexity index is 772. The van der Waals surface area contributed by atoms with Gasteiger partial charge >= 0.3 is 18.0 Å². The van der Waals surface area contributed by atoms with Gasteiger partial charge in [-0.2, -0.15) is 0 Å². The third-order valence-electron chi connectivity index (χ3n) is 3.85. The fourth-order valence-electron chi connectivity index (χ4n) is 2.37. The SMILES string of the molecule is CCOC(=O)CC[C@H](NC(=O)c1ccc(N(C)C(=O)OC(C)(C)C)cn1)C(=O)OCC. The smallest absolute Gasteiger partial charge is 0.414 e. The molecule has 0 aromatic carbocycles. The van der Waals surface area contributed by atoms with Crippen LogP contribution in [0.3, 0.4) is 0 Å². The largest absolute Gasteiger partial charge is 0.466 e. The molecule has 0 radical (unpaired) electrons. The van der Waals surface area contributed by atoms with Gasteiger partial charge in [0.1, 0.15) is 17.3 Å². The van der Waals surface area contributed by atoms with E-state index in [1.165, 1.54) is 30.3 Å². The van der Waals surface area contributed by atoms with Crippen LogP contribution in [0, 0.1) is 0 Å². The van der Waals surface area contributed by atoms with Crippen molar-refractivity contribution in [3.8, 4) is 0 Å². The molecule has 0 saturated carbocycles. The van der Waals surface area contributed by atoms with Crippen molar-refractivity contribution in [1.82, 2.24) is 10.3 Å². The lowest BCUT2D eigenvalue weighted by molar-refractivity contribution is -0.146. The third kappa shape index (κ3) is 9.02. The van der Waals surface area contributed by atoms with E-state index in [9.17, 15) is 19.2 Å². The first kappa shape index (κ1) is 25.9. The van der Waals surface area contributed by atoms with Crippen molar-refractivity contribution in [2.45, 2.75) is 59.1 Å². The number of nitrogens with one attached hydrogen (secondary N) is 1. The highest BCUT2D eigenvalue weighted by atomic mass is 16.6. The maximum atomic E-state index is 12.5. The first-order valence-electron chi connectivity index (χ1n) is 10.0. The van der Waals surface area contributed by atoms with Gasteiger partial charge in [-0.05, 0) is 53.2 Å². The molecule has 0 aliphatic rings. The van der Waals surface area contributed by atoms with Crippen molar-refractivity contribution in [3.05, 3.63) is 24.0 Å². The van der Waals surface area contributed by atoms with Gasteiger partial charge < -0.3 is 19.5 Å². The third-order valence-corrected chi connectivity index (χ3v) is 3.85. The van der Waals surface area contributed by atoms with Crippen molar-refractivity contribution >= 4 is 29.6 Å². The van der Waals surface area contributed by atoms with Crippen LogP contribution in [0.5, 0.6) is 0 Å². The van der Waals surface area contributed by atoms with E-state index < -0.39 is 35.6 Å². The summed E-state index contributed by atoms with van der Waals surface area (Å²) in [5, 5.41) is 2.53. The average Bonchev–Trinajstić information content (AvgIpc) is 2.69. The van der Waals surface area contributed by atoms with Gasteiger partial charge in [0.25, 0.3) is 5.91 Å². The Morgan fingerprint density at radius 2 is 1.74 bits per heavy atom. The molecule has 0 fully saturated rings. The number of nitrogens with zero attached hydrogens (tertiary/aromatic N) is 2. The van der Waals surface area contributed by atoms with Crippen molar-refractivity contribution in [3.63, 3.8) is 0 Å². The Hall–Kier alpha value is -3.17. The maximum absolute atomic E-state index is 12.5. The Morgan fingerprint density at radius 1 is 1.10 bits per heavy atom. The molecule has 0 spiro atoms. The van der Waals surface area contributed by atoms with Crippen LogP contribution < -0.4 is 10.2 Å². The number of rotatable bonds is 9. The predicted octanol–water partition coefficient (Wildman–Crippen LogP) is 2.46. The average molecular weight is 437 g/mol. The van der Waals surface area contributed by atoms with E-state index in [4.69, 9.17) is 14.2 Å². The zero-order valence-corrected chi connectivity index (χ0v) is 18.9. The second-order valence-corrected chi connectivity index (χ2v) is 7.56. The first-order valence-corrected chi connectivity index (χ1v) is 10.0. The van der Waals surface area contributed by atoms with Crippen LogP contribution in [0.4, 0.5) is 10.5 Å². The van der Waals surface area contributed by atoms with Crippen molar-refractivity contribution in [2.75, 3.05) is 25.2 Å². The fraction of sp³-hybridized carbons (Fsp3) is 0.571. The number of carbonyl (C=O) groups excluding carboxylic acids is 4. The summed E-state index contributed by atoms with van der Waals surface area (Å²) in [4.78, 5) is 53.7. The molecule has 172 valence electrons. The minimum absolute atomic E-state index is 0.0306. The fourth-order valence-corrected chi connectivity index (χ4v) is 2.37. The van der Waals surface area contributed by atoms with E-state index in [0.29, 0.717) is 5.69 Å². The van der Waals surface area contributed by atoms with Crippen LogP contribution in [-0.4, -0.2) is 60.8 Å². The van der Waals surface area contributed by atoms with Gasteiger partial charge in [0.2, 0.25) is 0 Å². The number of anilines is 1. The summed E-state index contributed by atoms with van der Waals surface area (Å²) in [5.41, 5.74) is -0.189. The van der Waals surface area contributed by atoms with E-state index in [2.05, 4.69) is 10.3 Å². The van der Waals surface area contributed by atoms with Gasteiger partial charge in [-0.15, -0.1) is 0 Å². The number of carbonyl (C=O) groups is 4. The quantitative estimate of drug-likeness (QED) is 0.461. The summed E-state index contributed by atoms with van der Waals surface area (Å²) in [5.74, 6) is -1.74. The number of hydrogen-bond donors (Lipinski definition) is 1. The molecule has 1 N–H and O–H groups in total. The summed E-state index contributed by atoms with van der Waals surface area (Å²) in [6.45, 7) is 8.95. The molecule has 2 amide bonds. The molecular formula is C21H31N3O7. The van der Waals surface area contributed by atoms with Crippen LogP contribution in [0.2, 0.25) is 0 Å².